The summed E-state index contributed by atoms with van der Waals surface area (Å²) in [5.74, 6) is 0.0291. The molecule has 0 bridgehead atoms. The van der Waals surface area contributed by atoms with E-state index in [1.807, 2.05) is 0 Å². The van der Waals surface area contributed by atoms with Crippen molar-refractivity contribution in [1.29, 1.82) is 0 Å². The third-order valence-corrected chi connectivity index (χ3v) is 3.39. The molecule has 16 heavy (non-hydrogen) atoms. The second-order valence-corrected chi connectivity index (χ2v) is 4.76. The summed E-state index contributed by atoms with van der Waals surface area (Å²) in [6.07, 6.45) is 2.56. The number of imide groups is 1. The summed E-state index contributed by atoms with van der Waals surface area (Å²) in [5, 5.41) is 1.68. The van der Waals surface area contributed by atoms with Crippen LogP contribution in [0.5, 0.6) is 0 Å². The Morgan fingerprint density at radius 3 is 3.12 bits per heavy atom. The van der Waals surface area contributed by atoms with Gasteiger partial charge in [-0.3, -0.25) is 14.5 Å². The van der Waals surface area contributed by atoms with Crippen LogP contribution in [0, 0.1) is 5.92 Å². The molecule has 1 unspecified atom stereocenters. The van der Waals surface area contributed by atoms with Gasteiger partial charge in [-0.05, 0) is 12.3 Å². The Kier molecular flexibility index (Phi) is 3.33. The molecule has 86 valence electrons. The number of hydrogen-bond donors (Lipinski definition) is 0. The van der Waals surface area contributed by atoms with Crippen LogP contribution in [0.4, 0.5) is 0 Å². The van der Waals surface area contributed by atoms with Gasteiger partial charge in [-0.1, -0.05) is 13.3 Å². The van der Waals surface area contributed by atoms with Crippen molar-refractivity contribution >= 4 is 23.2 Å². The molecule has 4 nitrogen and oxygen atoms in total. The molecule has 0 radical (unpaired) electrons. The third-order valence-electron chi connectivity index (χ3n) is 2.80. The van der Waals surface area contributed by atoms with Crippen molar-refractivity contribution in [2.75, 3.05) is 6.54 Å². The molecule has 0 spiro atoms. The summed E-state index contributed by atoms with van der Waals surface area (Å²) in [6.45, 7) is 2.65. The molecular weight excluding hydrogens is 224 g/mol. The average Bonchev–Trinajstić information content (AvgIpc) is 2.87. The van der Waals surface area contributed by atoms with Gasteiger partial charge in [0.15, 0.2) is 0 Å². The molecule has 2 amide bonds. The van der Waals surface area contributed by atoms with Crippen LogP contribution in [-0.4, -0.2) is 28.2 Å². The normalized spacial score (nSPS) is 20.4. The van der Waals surface area contributed by atoms with Crippen molar-refractivity contribution in [2.24, 2.45) is 5.92 Å². The molecule has 1 saturated heterocycles. The highest BCUT2D eigenvalue weighted by molar-refractivity contribution is 7.07. The highest BCUT2D eigenvalue weighted by Crippen LogP contribution is 2.23. The Morgan fingerprint density at radius 1 is 1.69 bits per heavy atom. The fraction of sp³-hybridized carbons (Fsp3) is 0.545. The first kappa shape index (κ1) is 11.3. The lowest BCUT2D eigenvalue weighted by atomic mass is 10.0. The Bertz CT molecular complexity index is 389. The number of rotatable bonds is 3. The molecule has 1 atom stereocenters. The summed E-state index contributed by atoms with van der Waals surface area (Å²) in [6, 6.07) is 0. The molecule has 0 aromatic carbocycles. The van der Waals surface area contributed by atoms with Crippen LogP contribution in [-0.2, 0) is 4.79 Å². The van der Waals surface area contributed by atoms with Gasteiger partial charge in [-0.25, -0.2) is 4.98 Å². The van der Waals surface area contributed by atoms with E-state index in [0.29, 0.717) is 24.6 Å². The maximum atomic E-state index is 11.9. The molecule has 1 aromatic rings. The summed E-state index contributed by atoms with van der Waals surface area (Å²) in [5.41, 5.74) is 1.99. The van der Waals surface area contributed by atoms with Gasteiger partial charge in [0.1, 0.15) is 5.69 Å². The fourth-order valence-corrected chi connectivity index (χ4v) is 2.56. The maximum absolute atomic E-state index is 11.9. The Labute approximate surface area is 98.3 Å². The van der Waals surface area contributed by atoms with Crippen LogP contribution < -0.4 is 0 Å². The van der Waals surface area contributed by atoms with E-state index in [4.69, 9.17) is 0 Å². The van der Waals surface area contributed by atoms with E-state index in [1.54, 1.807) is 10.9 Å². The van der Waals surface area contributed by atoms with E-state index in [0.717, 1.165) is 12.8 Å². The minimum atomic E-state index is -0.246. The van der Waals surface area contributed by atoms with Crippen molar-refractivity contribution < 1.29 is 9.59 Å². The van der Waals surface area contributed by atoms with E-state index >= 15 is 0 Å². The van der Waals surface area contributed by atoms with E-state index in [2.05, 4.69) is 11.9 Å². The van der Waals surface area contributed by atoms with Gasteiger partial charge >= 0.3 is 0 Å². The monoisotopic (exact) mass is 238 g/mol. The van der Waals surface area contributed by atoms with E-state index < -0.39 is 0 Å². The van der Waals surface area contributed by atoms with Crippen LogP contribution in [0.1, 0.15) is 36.7 Å². The van der Waals surface area contributed by atoms with Gasteiger partial charge in [0, 0.05) is 18.3 Å². The molecule has 2 rings (SSSR count). The molecule has 1 aromatic heterocycles. The minimum absolute atomic E-state index is 0.0588. The lowest BCUT2D eigenvalue weighted by molar-refractivity contribution is -0.125. The summed E-state index contributed by atoms with van der Waals surface area (Å²) in [4.78, 5) is 28.9. The second-order valence-electron chi connectivity index (χ2n) is 4.04. The van der Waals surface area contributed by atoms with Gasteiger partial charge in [-0.2, -0.15) is 0 Å². The number of hydrogen-bond acceptors (Lipinski definition) is 4. The van der Waals surface area contributed by atoms with Gasteiger partial charge in [0.2, 0.25) is 5.91 Å². The maximum Gasteiger partial charge on any atom is 0.279 e. The first-order valence-corrected chi connectivity index (χ1v) is 6.39. The second kappa shape index (κ2) is 4.74. The number of aromatic nitrogens is 1. The molecule has 1 aliphatic heterocycles. The van der Waals surface area contributed by atoms with Crippen molar-refractivity contribution in [3.05, 3.63) is 16.6 Å². The molecule has 0 aliphatic carbocycles. The fourth-order valence-electron chi connectivity index (χ4n) is 2.04. The highest BCUT2D eigenvalue weighted by atomic mass is 32.1. The Balaban J connectivity index is 2.06. The smallest absolute Gasteiger partial charge is 0.277 e. The molecule has 2 heterocycles. The van der Waals surface area contributed by atoms with Crippen molar-refractivity contribution in [1.82, 2.24) is 9.88 Å². The molecule has 5 heteroatoms. The van der Waals surface area contributed by atoms with Crippen LogP contribution >= 0.6 is 11.3 Å². The van der Waals surface area contributed by atoms with Crippen molar-refractivity contribution in [2.45, 2.75) is 26.2 Å². The summed E-state index contributed by atoms with van der Waals surface area (Å²) in [7, 11) is 0. The van der Waals surface area contributed by atoms with Gasteiger partial charge < -0.3 is 0 Å². The number of thiazole rings is 1. The minimum Gasteiger partial charge on any atom is -0.277 e. The van der Waals surface area contributed by atoms with Gasteiger partial charge in [-0.15, -0.1) is 11.3 Å². The van der Waals surface area contributed by atoms with Crippen molar-refractivity contribution in [3.63, 3.8) is 0 Å². The number of amides is 2. The zero-order valence-corrected chi connectivity index (χ0v) is 10.00. The molecule has 0 saturated carbocycles. The standard InChI is InChI=1S/C11H14N2O2S/c1-2-3-8-4-10(14)13(5-8)11(15)9-6-16-7-12-9/h6-8H,2-5H2,1H3. The average molecular weight is 238 g/mol. The van der Waals surface area contributed by atoms with Crippen LogP contribution in [0.25, 0.3) is 0 Å². The highest BCUT2D eigenvalue weighted by Gasteiger charge is 2.34. The summed E-state index contributed by atoms with van der Waals surface area (Å²) < 4.78 is 0. The van der Waals surface area contributed by atoms with Gasteiger partial charge in [0.25, 0.3) is 5.91 Å². The van der Waals surface area contributed by atoms with Crippen LogP contribution in [0.3, 0.4) is 0 Å². The van der Waals surface area contributed by atoms with E-state index in [-0.39, 0.29) is 11.8 Å². The molecular formula is C11H14N2O2S. The number of carbonyl (C=O) groups is 2. The predicted molar refractivity (Wildman–Crippen MR) is 61.2 cm³/mol. The van der Waals surface area contributed by atoms with Crippen molar-refractivity contribution in [3.8, 4) is 0 Å². The Hall–Kier alpha value is -1.23. The Morgan fingerprint density at radius 2 is 2.50 bits per heavy atom. The van der Waals surface area contributed by atoms with Crippen LogP contribution in [0.15, 0.2) is 10.9 Å². The van der Waals surface area contributed by atoms with E-state index in [1.165, 1.54) is 16.2 Å². The van der Waals surface area contributed by atoms with E-state index in [9.17, 15) is 9.59 Å². The first-order valence-electron chi connectivity index (χ1n) is 5.45. The quantitative estimate of drug-likeness (QED) is 0.756. The number of likely N-dealkylation sites (tertiary alicyclic amines) is 1. The first-order chi connectivity index (χ1) is 7.72. The molecule has 1 fully saturated rings. The lowest BCUT2D eigenvalue weighted by Gasteiger charge is -2.12. The predicted octanol–water partition coefficient (Wildman–Crippen LogP) is 1.93. The lowest BCUT2D eigenvalue weighted by Crippen LogP contribution is -2.32. The molecule has 1 aliphatic rings. The van der Waals surface area contributed by atoms with Gasteiger partial charge in [0.05, 0.1) is 5.51 Å². The zero-order valence-electron chi connectivity index (χ0n) is 9.18. The zero-order chi connectivity index (χ0) is 11.5. The third kappa shape index (κ3) is 2.14. The largest absolute Gasteiger partial charge is 0.279 e. The number of nitrogens with zero attached hydrogens (tertiary/aromatic N) is 2. The number of carbonyl (C=O) groups excluding carboxylic acids is 2. The van der Waals surface area contributed by atoms with Crippen LogP contribution in [0.2, 0.25) is 0 Å². The molecule has 0 N–H and O–H groups in total. The summed E-state index contributed by atoms with van der Waals surface area (Å²) >= 11 is 1.37. The topological polar surface area (TPSA) is 50.3 Å². The SMILES string of the molecule is CCCC1CC(=O)N(C(=O)c2cscn2)C1.